The van der Waals surface area contributed by atoms with Crippen molar-refractivity contribution in [2.45, 2.75) is 6.42 Å². The molecule has 0 unspecified atom stereocenters. The van der Waals surface area contributed by atoms with E-state index in [1.807, 2.05) is 12.1 Å². The van der Waals surface area contributed by atoms with Gasteiger partial charge in [0, 0.05) is 25.2 Å². The van der Waals surface area contributed by atoms with Crippen molar-refractivity contribution in [3.8, 4) is 0 Å². The molecule has 1 aromatic carbocycles. The van der Waals surface area contributed by atoms with Crippen LogP contribution in [0.1, 0.15) is 15.9 Å². The van der Waals surface area contributed by atoms with Crippen LogP contribution < -0.4 is 5.73 Å². The Balaban J connectivity index is 1.84. The van der Waals surface area contributed by atoms with Crippen LogP contribution in [0.5, 0.6) is 0 Å². The van der Waals surface area contributed by atoms with Crippen LogP contribution in [0, 0.1) is 0 Å². The standard InChI is InChI=1S/C13H18N2O2/c14-13(16)12-3-1-11(2-4-12)5-6-15-7-9-17-10-8-15/h1-4H,5-10H2,(H2,14,16). The topological polar surface area (TPSA) is 55.6 Å². The molecule has 1 heterocycles. The average Bonchev–Trinajstić information content (AvgIpc) is 2.38. The van der Waals surface area contributed by atoms with Crippen molar-refractivity contribution in [1.82, 2.24) is 4.90 Å². The number of rotatable bonds is 4. The van der Waals surface area contributed by atoms with Gasteiger partial charge in [0.15, 0.2) is 0 Å². The minimum Gasteiger partial charge on any atom is -0.379 e. The van der Waals surface area contributed by atoms with Crippen LogP contribution in [0.25, 0.3) is 0 Å². The molecule has 2 rings (SSSR count). The van der Waals surface area contributed by atoms with Crippen molar-refractivity contribution in [1.29, 1.82) is 0 Å². The van der Waals surface area contributed by atoms with Gasteiger partial charge in [-0.1, -0.05) is 12.1 Å². The summed E-state index contributed by atoms with van der Waals surface area (Å²) in [5.41, 5.74) is 7.00. The summed E-state index contributed by atoms with van der Waals surface area (Å²) in [5, 5.41) is 0. The third-order valence-corrected chi connectivity index (χ3v) is 3.06. The van der Waals surface area contributed by atoms with Crippen LogP contribution in [0.2, 0.25) is 0 Å². The second kappa shape index (κ2) is 5.80. The molecule has 0 radical (unpaired) electrons. The summed E-state index contributed by atoms with van der Waals surface area (Å²) >= 11 is 0. The van der Waals surface area contributed by atoms with Gasteiger partial charge >= 0.3 is 0 Å². The Labute approximate surface area is 101 Å². The van der Waals surface area contributed by atoms with E-state index in [1.54, 1.807) is 12.1 Å². The summed E-state index contributed by atoms with van der Waals surface area (Å²) in [7, 11) is 0. The number of benzene rings is 1. The molecule has 1 aliphatic rings. The second-order valence-corrected chi connectivity index (χ2v) is 4.27. The van der Waals surface area contributed by atoms with Gasteiger partial charge in [-0.3, -0.25) is 9.69 Å². The highest BCUT2D eigenvalue weighted by atomic mass is 16.5. The highest BCUT2D eigenvalue weighted by Crippen LogP contribution is 2.06. The van der Waals surface area contributed by atoms with Crippen LogP contribution in [-0.4, -0.2) is 43.7 Å². The van der Waals surface area contributed by atoms with E-state index in [2.05, 4.69) is 4.90 Å². The Hall–Kier alpha value is -1.39. The van der Waals surface area contributed by atoms with Crippen LogP contribution >= 0.6 is 0 Å². The molecule has 1 saturated heterocycles. The number of carbonyl (C=O) groups is 1. The maximum atomic E-state index is 10.9. The van der Waals surface area contributed by atoms with E-state index in [-0.39, 0.29) is 5.91 Å². The first kappa shape index (κ1) is 12.1. The van der Waals surface area contributed by atoms with E-state index < -0.39 is 0 Å². The number of nitrogens with zero attached hydrogens (tertiary/aromatic N) is 1. The van der Waals surface area contributed by atoms with Gasteiger partial charge in [0.1, 0.15) is 0 Å². The van der Waals surface area contributed by atoms with E-state index in [1.165, 1.54) is 5.56 Å². The number of amides is 1. The Kier molecular flexibility index (Phi) is 4.12. The molecule has 2 N–H and O–H groups in total. The predicted molar refractivity (Wildman–Crippen MR) is 65.9 cm³/mol. The van der Waals surface area contributed by atoms with Gasteiger partial charge in [0.05, 0.1) is 13.2 Å². The van der Waals surface area contributed by atoms with E-state index in [0.29, 0.717) is 5.56 Å². The third kappa shape index (κ3) is 3.54. The molecule has 17 heavy (non-hydrogen) atoms. The lowest BCUT2D eigenvalue weighted by molar-refractivity contribution is 0.0384. The largest absolute Gasteiger partial charge is 0.379 e. The highest BCUT2D eigenvalue weighted by Gasteiger charge is 2.09. The van der Waals surface area contributed by atoms with E-state index in [9.17, 15) is 4.79 Å². The third-order valence-electron chi connectivity index (χ3n) is 3.06. The van der Waals surface area contributed by atoms with Crippen molar-refractivity contribution in [2.24, 2.45) is 5.73 Å². The first-order valence-corrected chi connectivity index (χ1v) is 5.94. The van der Waals surface area contributed by atoms with Crippen molar-refractivity contribution in [2.75, 3.05) is 32.8 Å². The van der Waals surface area contributed by atoms with Gasteiger partial charge in [-0.05, 0) is 24.1 Å². The lowest BCUT2D eigenvalue weighted by atomic mass is 10.1. The number of primary amides is 1. The van der Waals surface area contributed by atoms with E-state index in [0.717, 1.165) is 39.3 Å². The first-order valence-electron chi connectivity index (χ1n) is 5.94. The van der Waals surface area contributed by atoms with Gasteiger partial charge in [-0.25, -0.2) is 0 Å². The van der Waals surface area contributed by atoms with Crippen molar-refractivity contribution in [3.05, 3.63) is 35.4 Å². The number of morpholine rings is 1. The molecular weight excluding hydrogens is 216 g/mol. The van der Waals surface area contributed by atoms with Crippen LogP contribution in [0.3, 0.4) is 0 Å². The fourth-order valence-electron chi connectivity index (χ4n) is 1.95. The lowest BCUT2D eigenvalue weighted by Crippen LogP contribution is -2.37. The lowest BCUT2D eigenvalue weighted by Gasteiger charge is -2.26. The van der Waals surface area contributed by atoms with Crippen LogP contribution in [0.15, 0.2) is 24.3 Å². The van der Waals surface area contributed by atoms with Gasteiger partial charge in [0.2, 0.25) is 5.91 Å². The maximum Gasteiger partial charge on any atom is 0.248 e. The smallest absolute Gasteiger partial charge is 0.248 e. The number of hydrogen-bond acceptors (Lipinski definition) is 3. The van der Waals surface area contributed by atoms with Crippen molar-refractivity contribution < 1.29 is 9.53 Å². The SMILES string of the molecule is NC(=O)c1ccc(CCN2CCOCC2)cc1. The number of hydrogen-bond donors (Lipinski definition) is 1. The molecule has 1 fully saturated rings. The molecule has 92 valence electrons. The zero-order chi connectivity index (χ0) is 12.1. The fraction of sp³-hybridized carbons (Fsp3) is 0.462. The summed E-state index contributed by atoms with van der Waals surface area (Å²) in [5.74, 6) is -0.371. The van der Waals surface area contributed by atoms with E-state index in [4.69, 9.17) is 10.5 Å². The van der Waals surface area contributed by atoms with Gasteiger partial charge in [-0.2, -0.15) is 0 Å². The molecule has 0 spiro atoms. The Bertz CT molecular complexity index is 370. The summed E-state index contributed by atoms with van der Waals surface area (Å²) in [6, 6.07) is 7.52. The molecular formula is C13H18N2O2. The van der Waals surface area contributed by atoms with Crippen LogP contribution in [0.4, 0.5) is 0 Å². The maximum absolute atomic E-state index is 10.9. The van der Waals surface area contributed by atoms with Gasteiger partial charge in [0.25, 0.3) is 0 Å². The predicted octanol–water partition coefficient (Wildman–Crippen LogP) is 0.660. The molecule has 0 bridgehead atoms. The second-order valence-electron chi connectivity index (χ2n) is 4.27. The Morgan fingerprint density at radius 2 is 1.88 bits per heavy atom. The summed E-state index contributed by atoms with van der Waals surface area (Å²) in [6.07, 6.45) is 0.999. The minimum absolute atomic E-state index is 0.371. The number of nitrogens with two attached hydrogens (primary N) is 1. The molecule has 1 aliphatic heterocycles. The molecule has 4 heteroatoms. The van der Waals surface area contributed by atoms with Gasteiger partial charge in [-0.15, -0.1) is 0 Å². The van der Waals surface area contributed by atoms with Crippen molar-refractivity contribution >= 4 is 5.91 Å². The molecule has 1 amide bonds. The molecule has 0 aromatic heterocycles. The molecule has 4 nitrogen and oxygen atoms in total. The monoisotopic (exact) mass is 234 g/mol. The Morgan fingerprint density at radius 3 is 2.47 bits per heavy atom. The minimum atomic E-state index is -0.371. The zero-order valence-corrected chi connectivity index (χ0v) is 9.89. The molecule has 1 aromatic rings. The summed E-state index contributed by atoms with van der Waals surface area (Å²) < 4.78 is 5.30. The van der Waals surface area contributed by atoms with Crippen LogP contribution in [-0.2, 0) is 11.2 Å². The normalized spacial score (nSPS) is 16.9. The molecule has 0 aliphatic carbocycles. The molecule has 0 saturated carbocycles. The summed E-state index contributed by atoms with van der Waals surface area (Å²) in [4.78, 5) is 13.3. The number of ether oxygens (including phenoxy) is 1. The zero-order valence-electron chi connectivity index (χ0n) is 9.89. The highest BCUT2D eigenvalue weighted by molar-refractivity contribution is 5.92. The fourth-order valence-corrected chi connectivity index (χ4v) is 1.95. The van der Waals surface area contributed by atoms with Gasteiger partial charge < -0.3 is 10.5 Å². The molecule has 0 atom stereocenters. The quantitative estimate of drug-likeness (QED) is 0.832. The first-order chi connectivity index (χ1) is 8.25. The summed E-state index contributed by atoms with van der Waals surface area (Å²) in [6.45, 7) is 4.74. The van der Waals surface area contributed by atoms with E-state index >= 15 is 0 Å². The Morgan fingerprint density at radius 1 is 1.24 bits per heavy atom. The average molecular weight is 234 g/mol. The van der Waals surface area contributed by atoms with Crippen molar-refractivity contribution in [3.63, 3.8) is 0 Å². The number of carbonyl (C=O) groups excluding carboxylic acids is 1.